The van der Waals surface area contributed by atoms with Gasteiger partial charge in [-0.3, -0.25) is 19.7 Å². The van der Waals surface area contributed by atoms with Crippen molar-refractivity contribution >= 4 is 11.2 Å². The number of aromatic nitrogens is 4. The van der Waals surface area contributed by atoms with Crippen LogP contribution in [0.5, 0.6) is 0 Å². The third-order valence-electron chi connectivity index (χ3n) is 1.68. The molecule has 2 aromatic rings. The molecule has 0 spiro atoms. The Kier molecular flexibility index (Phi) is 4.73. The molecular formula is C6H3N5O3Zn2. The van der Waals surface area contributed by atoms with E-state index in [1.807, 2.05) is 0 Å². The maximum Gasteiger partial charge on any atom is 0.343 e. The van der Waals surface area contributed by atoms with Crippen LogP contribution in [0.4, 0.5) is 0 Å². The summed E-state index contributed by atoms with van der Waals surface area (Å²) >= 11 is 0. The summed E-state index contributed by atoms with van der Waals surface area (Å²) in [4.78, 5) is 39.7. The van der Waals surface area contributed by atoms with Crippen LogP contribution >= 0.6 is 0 Å². The second-order valence-corrected chi connectivity index (χ2v) is 2.50. The number of H-pyrrole nitrogens is 3. The quantitative estimate of drug-likeness (QED) is 0.486. The Morgan fingerprint density at radius 1 is 1.06 bits per heavy atom. The smallest absolute Gasteiger partial charge is 0.300 e. The fraction of sp³-hybridized carbons (Fsp3) is 0. The molecule has 0 saturated heterocycles. The largest absolute Gasteiger partial charge is 0.343 e. The molecule has 74 valence electrons. The van der Waals surface area contributed by atoms with Crippen molar-refractivity contribution in [2.75, 3.05) is 0 Å². The topological polar surface area (TPSA) is 127 Å². The van der Waals surface area contributed by atoms with Gasteiger partial charge in [-0.2, -0.15) is 9.83 Å². The number of hydrogen-bond acceptors (Lipinski definition) is 4. The van der Waals surface area contributed by atoms with Gasteiger partial charge in [-0.15, -0.1) is 0 Å². The van der Waals surface area contributed by atoms with Gasteiger partial charge in [0, 0.05) is 39.0 Å². The van der Waals surface area contributed by atoms with Crippen molar-refractivity contribution in [3.63, 3.8) is 0 Å². The van der Waals surface area contributed by atoms with Gasteiger partial charge in [0.15, 0.2) is 11.7 Å². The second-order valence-electron chi connectivity index (χ2n) is 2.50. The average Bonchev–Trinajstić information content (AvgIpc) is 2.47. The third-order valence-corrected chi connectivity index (χ3v) is 1.68. The molecule has 0 fully saturated rings. The maximum atomic E-state index is 11.3. The van der Waals surface area contributed by atoms with Crippen molar-refractivity contribution in [1.82, 2.24) is 19.5 Å². The Morgan fingerprint density at radius 2 is 1.69 bits per heavy atom. The Labute approximate surface area is 112 Å². The van der Waals surface area contributed by atoms with E-state index in [0.29, 0.717) is 4.57 Å². The molecule has 0 aliphatic heterocycles. The Bertz CT molecular complexity index is 715. The molecule has 2 aromatic heterocycles. The maximum absolute atomic E-state index is 11.3. The predicted molar refractivity (Wildman–Crippen MR) is 44.8 cm³/mol. The van der Waals surface area contributed by atoms with Crippen molar-refractivity contribution in [3.8, 4) is 6.19 Å². The molecule has 0 amide bonds. The number of fused-ring (bicyclic) bond motifs is 1. The summed E-state index contributed by atoms with van der Waals surface area (Å²) in [5.41, 5.74) is -2.51. The minimum absolute atomic E-state index is 0. The van der Waals surface area contributed by atoms with Crippen LogP contribution in [0.1, 0.15) is 0 Å². The molecule has 10 heteroatoms. The third kappa shape index (κ3) is 2.11. The van der Waals surface area contributed by atoms with Crippen LogP contribution < -0.4 is 16.9 Å². The molecule has 2 rings (SSSR count). The van der Waals surface area contributed by atoms with Crippen LogP contribution in [0.2, 0.25) is 0 Å². The first-order valence-corrected chi connectivity index (χ1v) is 3.51. The molecule has 8 nitrogen and oxygen atoms in total. The van der Waals surface area contributed by atoms with Crippen molar-refractivity contribution in [2.45, 2.75) is 0 Å². The zero-order chi connectivity index (χ0) is 10.3. The standard InChI is InChI=1S/C6H3N5O3.2Zn/c7-1-11-4(12)2-3(10-6(11)14)9-5(13)8-2;;/h(H,10,14)(H2,8,9,13);;. The van der Waals surface area contributed by atoms with Gasteiger partial charge in [0.2, 0.25) is 0 Å². The molecule has 0 aliphatic carbocycles. The minimum Gasteiger partial charge on any atom is -0.300 e. The monoisotopic (exact) mass is 321 g/mol. The molecule has 3 N–H and O–H groups in total. The van der Waals surface area contributed by atoms with Crippen LogP contribution in [0, 0.1) is 11.5 Å². The average molecular weight is 324 g/mol. The zero-order valence-corrected chi connectivity index (χ0v) is 14.0. The van der Waals surface area contributed by atoms with Crippen molar-refractivity contribution in [3.05, 3.63) is 31.3 Å². The van der Waals surface area contributed by atoms with E-state index in [0.717, 1.165) is 0 Å². The van der Waals surface area contributed by atoms with E-state index in [4.69, 9.17) is 5.26 Å². The van der Waals surface area contributed by atoms with E-state index in [9.17, 15) is 14.4 Å². The Hall–Kier alpha value is -1.31. The van der Waals surface area contributed by atoms with Crippen molar-refractivity contribution < 1.29 is 39.0 Å². The van der Waals surface area contributed by atoms with Crippen molar-refractivity contribution in [2.24, 2.45) is 0 Å². The summed E-state index contributed by atoms with van der Waals surface area (Å²) in [5.74, 6) is 0. The molecule has 0 aromatic carbocycles. The predicted octanol–water partition coefficient (Wildman–Crippen LogP) is -1.97. The molecule has 0 saturated carbocycles. The van der Waals surface area contributed by atoms with Gasteiger partial charge in [0.1, 0.15) is 5.65 Å². The zero-order valence-electron chi connectivity index (χ0n) is 8.03. The van der Waals surface area contributed by atoms with E-state index in [2.05, 4.69) is 15.0 Å². The number of nitrogens with one attached hydrogen (secondary N) is 3. The van der Waals surface area contributed by atoms with Gasteiger partial charge in [0.05, 0.1) is 0 Å². The number of aromatic amines is 3. The molecule has 0 unspecified atom stereocenters. The first kappa shape index (κ1) is 14.7. The number of rotatable bonds is 0. The SMILES string of the molecule is N#Cn1c(=O)[nH]c2[nH]c(=O)[nH]c2c1=O.[Zn].[Zn]. The first-order valence-electron chi connectivity index (χ1n) is 3.51. The van der Waals surface area contributed by atoms with Gasteiger partial charge in [0.25, 0.3) is 5.56 Å². The summed E-state index contributed by atoms with van der Waals surface area (Å²) in [6, 6.07) is 0. The molecule has 0 bridgehead atoms. The van der Waals surface area contributed by atoms with Gasteiger partial charge in [-0.1, -0.05) is 0 Å². The van der Waals surface area contributed by atoms with E-state index in [1.54, 1.807) is 0 Å². The number of nitriles is 1. The van der Waals surface area contributed by atoms with Crippen LogP contribution in [-0.2, 0) is 39.0 Å². The Balaban J connectivity index is 0.00000112. The summed E-state index contributed by atoms with van der Waals surface area (Å²) in [6.07, 6.45) is 1.39. The van der Waals surface area contributed by atoms with E-state index >= 15 is 0 Å². The van der Waals surface area contributed by atoms with Gasteiger partial charge < -0.3 is 0 Å². The molecule has 2 heterocycles. The summed E-state index contributed by atoms with van der Waals surface area (Å²) in [5, 5.41) is 8.46. The van der Waals surface area contributed by atoms with Crippen LogP contribution in [0.3, 0.4) is 0 Å². The second kappa shape index (κ2) is 5.15. The number of imidazole rings is 1. The molecule has 0 aliphatic rings. The van der Waals surface area contributed by atoms with Gasteiger partial charge >= 0.3 is 11.4 Å². The molecule has 16 heavy (non-hydrogen) atoms. The molecule has 0 atom stereocenters. The number of nitrogens with zero attached hydrogens (tertiary/aromatic N) is 2. The van der Waals surface area contributed by atoms with Crippen LogP contribution in [0.15, 0.2) is 14.4 Å². The molecule has 0 radical (unpaired) electrons. The fourth-order valence-corrected chi connectivity index (χ4v) is 1.10. The van der Waals surface area contributed by atoms with E-state index in [-0.39, 0.29) is 50.1 Å². The van der Waals surface area contributed by atoms with E-state index < -0.39 is 16.9 Å². The summed E-state index contributed by atoms with van der Waals surface area (Å²) < 4.78 is 0.312. The fourth-order valence-electron chi connectivity index (χ4n) is 1.10. The first-order chi connectivity index (χ1) is 6.63. The Morgan fingerprint density at radius 3 is 2.25 bits per heavy atom. The van der Waals surface area contributed by atoms with Crippen molar-refractivity contribution in [1.29, 1.82) is 5.26 Å². The normalized spacial score (nSPS) is 8.94. The van der Waals surface area contributed by atoms with E-state index in [1.165, 1.54) is 6.19 Å². The summed E-state index contributed by atoms with van der Waals surface area (Å²) in [6.45, 7) is 0. The van der Waals surface area contributed by atoms with Crippen LogP contribution in [-0.4, -0.2) is 19.5 Å². The summed E-state index contributed by atoms with van der Waals surface area (Å²) in [7, 11) is 0. The van der Waals surface area contributed by atoms with Gasteiger partial charge in [-0.25, -0.2) is 9.59 Å². The van der Waals surface area contributed by atoms with Gasteiger partial charge in [-0.05, 0) is 0 Å². The van der Waals surface area contributed by atoms with Crippen LogP contribution in [0.25, 0.3) is 11.2 Å². The number of hydrogen-bond donors (Lipinski definition) is 3. The minimum atomic E-state index is -0.889. The molecular weight excluding hydrogens is 321 g/mol.